The zero-order chi connectivity index (χ0) is 17.0. The Balaban J connectivity index is 1.83. The lowest BCUT2D eigenvalue weighted by molar-refractivity contribution is -0.798. The first kappa shape index (κ1) is 16.9. The van der Waals surface area contributed by atoms with E-state index in [1.807, 2.05) is 0 Å². The number of aryl methyl sites for hydroxylation is 1. The molecule has 0 spiro atoms. The Labute approximate surface area is 132 Å². The molecule has 1 aliphatic heterocycles. The van der Waals surface area contributed by atoms with Crippen LogP contribution in [0.2, 0.25) is 0 Å². The molecule has 0 aromatic heterocycles. The standard InChI is InChI=1S/C15H18N2O6/c18-14(19)9-17(10-15(20)21)8-13(17)3-1-2-11-4-6-12(7-5-11)16(22)23/h4-7,13H,1-3,8-10H2,(H-,18,19,20,21)/p+1. The van der Waals surface area contributed by atoms with Gasteiger partial charge in [0, 0.05) is 18.6 Å². The van der Waals surface area contributed by atoms with Gasteiger partial charge in [0.25, 0.3) is 5.69 Å². The first-order valence-electron chi connectivity index (χ1n) is 7.35. The number of benzene rings is 1. The van der Waals surface area contributed by atoms with Gasteiger partial charge in [0.1, 0.15) is 12.6 Å². The van der Waals surface area contributed by atoms with Gasteiger partial charge in [-0.1, -0.05) is 12.1 Å². The maximum absolute atomic E-state index is 10.9. The zero-order valence-corrected chi connectivity index (χ0v) is 12.6. The summed E-state index contributed by atoms with van der Waals surface area (Å²) in [6, 6.07) is 6.41. The van der Waals surface area contributed by atoms with Crippen molar-refractivity contribution >= 4 is 17.6 Å². The summed E-state index contributed by atoms with van der Waals surface area (Å²) < 4.78 is 0.116. The van der Waals surface area contributed by atoms with Gasteiger partial charge in [-0.25, -0.2) is 9.59 Å². The van der Waals surface area contributed by atoms with E-state index in [-0.39, 0.29) is 29.3 Å². The number of aliphatic carboxylic acids is 2. The van der Waals surface area contributed by atoms with Crippen molar-refractivity contribution in [2.45, 2.75) is 25.3 Å². The van der Waals surface area contributed by atoms with E-state index in [0.29, 0.717) is 6.54 Å². The van der Waals surface area contributed by atoms with Crippen LogP contribution in [0.5, 0.6) is 0 Å². The van der Waals surface area contributed by atoms with E-state index in [0.717, 1.165) is 24.8 Å². The van der Waals surface area contributed by atoms with Gasteiger partial charge in [0.15, 0.2) is 13.1 Å². The van der Waals surface area contributed by atoms with Gasteiger partial charge >= 0.3 is 11.9 Å². The zero-order valence-electron chi connectivity index (χ0n) is 12.6. The SMILES string of the molecule is O=C(O)C[N+]1(CC(=O)O)CC1CCCc1ccc([N+](=O)[O-])cc1. The van der Waals surface area contributed by atoms with E-state index in [2.05, 4.69) is 0 Å². The van der Waals surface area contributed by atoms with Crippen LogP contribution in [-0.4, -0.2) is 57.2 Å². The Morgan fingerprint density at radius 1 is 1.17 bits per heavy atom. The predicted octanol–water partition coefficient (Wildman–Crippen LogP) is 1.29. The number of quaternary nitrogens is 1. The second-order valence-electron chi connectivity index (χ2n) is 5.97. The Morgan fingerprint density at radius 2 is 1.74 bits per heavy atom. The molecule has 0 aliphatic carbocycles. The Bertz CT molecular complexity index is 597. The van der Waals surface area contributed by atoms with Crippen molar-refractivity contribution in [1.82, 2.24) is 0 Å². The van der Waals surface area contributed by atoms with Crippen LogP contribution in [-0.2, 0) is 16.0 Å². The van der Waals surface area contributed by atoms with Crippen LogP contribution in [0.25, 0.3) is 0 Å². The van der Waals surface area contributed by atoms with Crippen LogP contribution < -0.4 is 0 Å². The van der Waals surface area contributed by atoms with Gasteiger partial charge < -0.3 is 10.2 Å². The first-order valence-corrected chi connectivity index (χ1v) is 7.35. The first-order chi connectivity index (χ1) is 10.8. The van der Waals surface area contributed by atoms with Crippen molar-refractivity contribution in [3.05, 3.63) is 39.9 Å². The van der Waals surface area contributed by atoms with Gasteiger partial charge in [0.05, 0.1) is 4.92 Å². The number of carboxylic acids is 2. The molecule has 8 nitrogen and oxygen atoms in total. The molecule has 23 heavy (non-hydrogen) atoms. The molecule has 1 aromatic carbocycles. The van der Waals surface area contributed by atoms with Gasteiger partial charge in [0.2, 0.25) is 0 Å². The number of non-ortho nitro benzene ring substituents is 1. The van der Waals surface area contributed by atoms with Crippen LogP contribution in [0, 0.1) is 10.1 Å². The summed E-state index contributed by atoms with van der Waals surface area (Å²) in [5, 5.41) is 28.4. The highest BCUT2D eigenvalue weighted by molar-refractivity contribution is 5.71. The van der Waals surface area contributed by atoms with Crippen LogP contribution in [0.1, 0.15) is 18.4 Å². The molecule has 8 heteroatoms. The van der Waals surface area contributed by atoms with E-state index < -0.39 is 16.9 Å². The topological polar surface area (TPSA) is 118 Å². The molecule has 1 aromatic rings. The van der Waals surface area contributed by atoms with Gasteiger partial charge in [-0.15, -0.1) is 0 Å². The molecule has 1 atom stereocenters. The Morgan fingerprint density at radius 3 is 2.22 bits per heavy atom. The van der Waals surface area contributed by atoms with Gasteiger partial charge in [-0.3, -0.25) is 14.6 Å². The lowest BCUT2D eigenvalue weighted by Gasteiger charge is -2.16. The molecule has 2 rings (SSSR count). The van der Waals surface area contributed by atoms with Crippen LogP contribution >= 0.6 is 0 Å². The van der Waals surface area contributed by atoms with Crippen LogP contribution in [0.3, 0.4) is 0 Å². The number of hydrogen-bond acceptors (Lipinski definition) is 4. The molecule has 0 amide bonds. The van der Waals surface area contributed by atoms with Gasteiger partial charge in [-0.2, -0.15) is 0 Å². The van der Waals surface area contributed by atoms with Crippen LogP contribution in [0.4, 0.5) is 5.69 Å². The number of carboxylic acid groups (broad SMARTS) is 2. The molecule has 1 unspecified atom stereocenters. The summed E-state index contributed by atoms with van der Waals surface area (Å²) in [4.78, 5) is 31.9. The third-order valence-electron chi connectivity index (χ3n) is 4.27. The number of carbonyl (C=O) groups is 2. The minimum atomic E-state index is -0.982. The molecular formula is C15H19N2O6+. The van der Waals surface area contributed by atoms with E-state index in [9.17, 15) is 19.7 Å². The summed E-state index contributed by atoms with van der Waals surface area (Å²) in [6.45, 7) is 0.266. The van der Waals surface area contributed by atoms with Crippen LogP contribution in [0.15, 0.2) is 24.3 Å². The maximum Gasteiger partial charge on any atom is 0.359 e. The van der Waals surface area contributed by atoms with Crippen molar-refractivity contribution < 1.29 is 29.2 Å². The van der Waals surface area contributed by atoms with E-state index in [4.69, 9.17) is 10.2 Å². The summed E-state index contributed by atoms with van der Waals surface area (Å²) in [7, 11) is 0. The maximum atomic E-state index is 10.9. The van der Waals surface area contributed by atoms with Crippen molar-refractivity contribution in [3.8, 4) is 0 Å². The fourth-order valence-corrected chi connectivity index (χ4v) is 3.05. The fourth-order valence-electron chi connectivity index (χ4n) is 3.05. The number of hydrogen-bond donors (Lipinski definition) is 2. The van der Waals surface area contributed by atoms with E-state index in [1.54, 1.807) is 12.1 Å². The summed E-state index contributed by atoms with van der Waals surface area (Å²) in [5.41, 5.74) is 1.03. The van der Waals surface area contributed by atoms with E-state index >= 15 is 0 Å². The lowest BCUT2D eigenvalue weighted by Crippen LogP contribution is -2.39. The monoisotopic (exact) mass is 323 g/mol. The smallest absolute Gasteiger partial charge is 0.359 e. The number of rotatable bonds is 9. The molecule has 1 saturated heterocycles. The molecular weight excluding hydrogens is 304 g/mol. The summed E-state index contributed by atoms with van der Waals surface area (Å²) >= 11 is 0. The van der Waals surface area contributed by atoms with Crippen molar-refractivity contribution in [2.24, 2.45) is 0 Å². The third kappa shape index (κ3) is 4.49. The molecule has 1 heterocycles. The van der Waals surface area contributed by atoms with Crippen molar-refractivity contribution in [3.63, 3.8) is 0 Å². The second kappa shape index (κ2) is 6.74. The average Bonchev–Trinajstić information content (AvgIpc) is 3.09. The fraction of sp³-hybridized carbons (Fsp3) is 0.467. The normalized spacial score (nSPS) is 18.3. The highest BCUT2D eigenvalue weighted by Crippen LogP contribution is 2.34. The molecule has 0 radical (unpaired) electrons. The lowest BCUT2D eigenvalue weighted by atomic mass is 10.1. The largest absolute Gasteiger partial charge is 0.477 e. The molecule has 2 N–H and O–H groups in total. The molecule has 1 fully saturated rings. The quantitative estimate of drug-likeness (QED) is 0.306. The number of nitrogens with zero attached hydrogens (tertiary/aromatic N) is 2. The average molecular weight is 323 g/mol. The minimum Gasteiger partial charge on any atom is -0.477 e. The highest BCUT2D eigenvalue weighted by atomic mass is 16.6. The van der Waals surface area contributed by atoms with Crippen molar-refractivity contribution in [2.75, 3.05) is 19.6 Å². The van der Waals surface area contributed by atoms with E-state index in [1.165, 1.54) is 12.1 Å². The van der Waals surface area contributed by atoms with Gasteiger partial charge in [-0.05, 0) is 18.4 Å². The summed E-state index contributed by atoms with van der Waals surface area (Å²) in [6.07, 6.45) is 2.27. The van der Waals surface area contributed by atoms with Crippen molar-refractivity contribution in [1.29, 1.82) is 0 Å². The molecule has 0 saturated carbocycles. The highest BCUT2D eigenvalue weighted by Gasteiger charge is 2.56. The molecule has 124 valence electrons. The second-order valence-corrected chi connectivity index (χ2v) is 5.97. The Hall–Kier alpha value is -2.48. The molecule has 0 bridgehead atoms. The predicted molar refractivity (Wildman–Crippen MR) is 80.0 cm³/mol. The number of nitro benzene ring substituents is 1. The minimum absolute atomic E-state index is 0.0505. The summed E-state index contributed by atoms with van der Waals surface area (Å²) in [5.74, 6) is -1.96. The molecule has 1 aliphatic rings. The number of nitro groups is 1. The Kier molecular flexibility index (Phi) is 4.95. The third-order valence-corrected chi connectivity index (χ3v) is 4.27.